The SMILES string of the molecule is Cc1ccc(C(=O)NC(=CC=Cc2ccccc2)C(=O)NCC2CCCO2)cc1. The van der Waals surface area contributed by atoms with Gasteiger partial charge in [0.2, 0.25) is 0 Å². The van der Waals surface area contributed by atoms with Crippen LogP contribution in [-0.2, 0) is 9.53 Å². The minimum Gasteiger partial charge on any atom is -0.376 e. The minimum absolute atomic E-state index is 0.0351. The summed E-state index contributed by atoms with van der Waals surface area (Å²) in [5.41, 5.74) is 2.77. The summed E-state index contributed by atoms with van der Waals surface area (Å²) in [5, 5.41) is 5.59. The molecular weight excluding hydrogens is 364 g/mol. The molecule has 0 spiro atoms. The number of allylic oxidation sites excluding steroid dienone is 2. The lowest BCUT2D eigenvalue weighted by atomic mass is 10.1. The molecule has 3 rings (SSSR count). The second-order valence-corrected chi connectivity index (χ2v) is 7.02. The van der Waals surface area contributed by atoms with Crippen molar-refractivity contribution in [2.75, 3.05) is 13.2 Å². The molecular formula is C24H26N2O3. The van der Waals surface area contributed by atoms with Gasteiger partial charge >= 0.3 is 0 Å². The highest BCUT2D eigenvalue weighted by atomic mass is 16.5. The van der Waals surface area contributed by atoms with Crippen molar-refractivity contribution in [3.05, 3.63) is 89.1 Å². The molecule has 1 aliphatic heterocycles. The van der Waals surface area contributed by atoms with E-state index < -0.39 is 0 Å². The number of carbonyl (C=O) groups is 2. The van der Waals surface area contributed by atoms with Crippen molar-refractivity contribution in [1.82, 2.24) is 10.6 Å². The molecule has 2 amide bonds. The van der Waals surface area contributed by atoms with E-state index in [9.17, 15) is 9.59 Å². The fraction of sp³-hybridized carbons (Fsp3) is 0.250. The first-order valence-corrected chi connectivity index (χ1v) is 9.83. The van der Waals surface area contributed by atoms with Crippen molar-refractivity contribution in [2.24, 2.45) is 0 Å². The van der Waals surface area contributed by atoms with Gasteiger partial charge in [-0.25, -0.2) is 0 Å². The lowest BCUT2D eigenvalue weighted by molar-refractivity contribution is -0.118. The Labute approximate surface area is 171 Å². The third-order valence-corrected chi connectivity index (χ3v) is 4.67. The van der Waals surface area contributed by atoms with Crippen LogP contribution < -0.4 is 10.6 Å². The van der Waals surface area contributed by atoms with Crippen LogP contribution >= 0.6 is 0 Å². The standard InChI is InChI=1S/C24H26N2O3/c1-18-12-14-20(15-13-18)23(27)26-22(11-5-9-19-7-3-2-4-8-19)24(28)25-17-21-10-6-16-29-21/h2-5,7-9,11-15,21H,6,10,16-17H2,1H3,(H,25,28)(H,26,27). The molecule has 5 nitrogen and oxygen atoms in total. The molecule has 1 atom stereocenters. The average Bonchev–Trinajstić information content (AvgIpc) is 3.26. The number of hydrogen-bond acceptors (Lipinski definition) is 3. The number of carbonyl (C=O) groups excluding carboxylic acids is 2. The van der Waals surface area contributed by atoms with E-state index in [2.05, 4.69) is 10.6 Å². The predicted octanol–water partition coefficient (Wildman–Crippen LogP) is 3.62. The third kappa shape index (κ3) is 6.43. The Kier molecular flexibility index (Phi) is 7.36. The molecule has 0 aromatic heterocycles. The highest BCUT2D eigenvalue weighted by molar-refractivity contribution is 6.03. The predicted molar refractivity (Wildman–Crippen MR) is 114 cm³/mol. The molecule has 2 N–H and O–H groups in total. The second kappa shape index (κ2) is 10.4. The number of ether oxygens (including phenoxy) is 1. The zero-order valence-electron chi connectivity index (χ0n) is 16.6. The van der Waals surface area contributed by atoms with Crippen LogP contribution in [0.25, 0.3) is 6.08 Å². The normalized spacial score (nSPS) is 16.7. The van der Waals surface area contributed by atoms with Gasteiger partial charge in [0.25, 0.3) is 11.8 Å². The first-order chi connectivity index (χ1) is 14.1. The Bertz CT molecular complexity index is 880. The monoisotopic (exact) mass is 390 g/mol. The van der Waals surface area contributed by atoms with Crippen LogP contribution in [0.3, 0.4) is 0 Å². The highest BCUT2D eigenvalue weighted by Crippen LogP contribution is 2.11. The molecule has 1 saturated heterocycles. The Hall–Kier alpha value is -3.18. The van der Waals surface area contributed by atoms with E-state index in [1.54, 1.807) is 24.3 Å². The van der Waals surface area contributed by atoms with Crippen LogP contribution in [0, 0.1) is 6.92 Å². The zero-order valence-corrected chi connectivity index (χ0v) is 16.6. The van der Waals surface area contributed by atoms with Gasteiger partial charge < -0.3 is 15.4 Å². The van der Waals surface area contributed by atoms with Gasteiger partial charge in [-0.15, -0.1) is 0 Å². The van der Waals surface area contributed by atoms with E-state index in [0.29, 0.717) is 12.1 Å². The van der Waals surface area contributed by atoms with Gasteiger partial charge in [-0.05, 0) is 43.5 Å². The topological polar surface area (TPSA) is 67.4 Å². The minimum atomic E-state index is -0.335. The fourth-order valence-electron chi connectivity index (χ4n) is 3.00. The molecule has 0 radical (unpaired) electrons. The summed E-state index contributed by atoms with van der Waals surface area (Å²) < 4.78 is 5.55. The molecule has 150 valence electrons. The van der Waals surface area contributed by atoms with Gasteiger partial charge in [-0.2, -0.15) is 0 Å². The van der Waals surface area contributed by atoms with Crippen molar-refractivity contribution in [3.8, 4) is 0 Å². The molecule has 1 fully saturated rings. The lowest BCUT2D eigenvalue weighted by Crippen LogP contribution is -2.38. The van der Waals surface area contributed by atoms with Gasteiger partial charge in [-0.3, -0.25) is 9.59 Å². The maximum atomic E-state index is 12.7. The van der Waals surface area contributed by atoms with E-state index in [4.69, 9.17) is 4.74 Å². The summed E-state index contributed by atoms with van der Waals surface area (Å²) in [6.45, 7) is 3.12. The van der Waals surface area contributed by atoms with Crippen molar-refractivity contribution < 1.29 is 14.3 Å². The second-order valence-electron chi connectivity index (χ2n) is 7.02. The summed E-state index contributed by atoms with van der Waals surface area (Å²) in [6.07, 6.45) is 7.23. The summed E-state index contributed by atoms with van der Waals surface area (Å²) >= 11 is 0. The van der Waals surface area contributed by atoms with Crippen LogP contribution in [0.1, 0.15) is 34.3 Å². The van der Waals surface area contributed by atoms with E-state index in [0.717, 1.165) is 30.6 Å². The number of amides is 2. The van der Waals surface area contributed by atoms with Crippen molar-refractivity contribution >= 4 is 17.9 Å². The zero-order chi connectivity index (χ0) is 20.5. The maximum Gasteiger partial charge on any atom is 0.267 e. The van der Waals surface area contributed by atoms with Gasteiger partial charge in [0.05, 0.1) is 6.10 Å². The van der Waals surface area contributed by atoms with Crippen LogP contribution in [0.2, 0.25) is 0 Å². The summed E-state index contributed by atoms with van der Waals surface area (Å²) in [6, 6.07) is 17.0. The Morgan fingerprint density at radius 3 is 2.55 bits per heavy atom. The van der Waals surface area contributed by atoms with Gasteiger partial charge in [0.15, 0.2) is 0 Å². The molecule has 1 aliphatic rings. The molecule has 0 aliphatic carbocycles. The molecule has 1 unspecified atom stereocenters. The molecule has 1 heterocycles. The smallest absolute Gasteiger partial charge is 0.267 e. The molecule has 0 bridgehead atoms. The van der Waals surface area contributed by atoms with Gasteiger partial charge in [-0.1, -0.05) is 60.2 Å². The van der Waals surface area contributed by atoms with Crippen molar-refractivity contribution in [1.29, 1.82) is 0 Å². The van der Waals surface area contributed by atoms with E-state index >= 15 is 0 Å². The lowest BCUT2D eigenvalue weighted by Gasteiger charge is -2.13. The summed E-state index contributed by atoms with van der Waals surface area (Å²) in [5.74, 6) is -0.657. The van der Waals surface area contributed by atoms with E-state index in [1.165, 1.54) is 0 Å². The number of benzene rings is 2. The highest BCUT2D eigenvalue weighted by Gasteiger charge is 2.18. The Balaban J connectivity index is 1.71. The molecule has 0 saturated carbocycles. The fourth-order valence-corrected chi connectivity index (χ4v) is 3.00. The van der Waals surface area contributed by atoms with Crippen LogP contribution in [0.15, 0.2) is 72.4 Å². The van der Waals surface area contributed by atoms with Crippen LogP contribution in [0.5, 0.6) is 0 Å². The van der Waals surface area contributed by atoms with Gasteiger partial charge in [0, 0.05) is 18.7 Å². The molecule has 5 heteroatoms. The largest absolute Gasteiger partial charge is 0.376 e. The Morgan fingerprint density at radius 2 is 1.86 bits per heavy atom. The van der Waals surface area contributed by atoms with Crippen molar-refractivity contribution in [2.45, 2.75) is 25.9 Å². The third-order valence-electron chi connectivity index (χ3n) is 4.67. The van der Waals surface area contributed by atoms with Gasteiger partial charge in [0.1, 0.15) is 5.70 Å². The molecule has 29 heavy (non-hydrogen) atoms. The number of hydrogen-bond donors (Lipinski definition) is 2. The number of rotatable bonds is 7. The molecule has 2 aromatic rings. The maximum absolute atomic E-state index is 12.7. The quantitative estimate of drug-likeness (QED) is 0.561. The average molecular weight is 390 g/mol. The Morgan fingerprint density at radius 1 is 1.10 bits per heavy atom. The van der Waals surface area contributed by atoms with E-state index in [-0.39, 0.29) is 23.6 Å². The van der Waals surface area contributed by atoms with Crippen LogP contribution in [0.4, 0.5) is 0 Å². The van der Waals surface area contributed by atoms with Crippen LogP contribution in [-0.4, -0.2) is 31.1 Å². The first-order valence-electron chi connectivity index (χ1n) is 9.83. The number of aryl methyl sites for hydroxylation is 1. The van der Waals surface area contributed by atoms with Crippen molar-refractivity contribution in [3.63, 3.8) is 0 Å². The first kappa shape index (κ1) is 20.6. The summed E-state index contributed by atoms with van der Waals surface area (Å²) in [7, 11) is 0. The number of nitrogens with one attached hydrogen (secondary N) is 2. The van der Waals surface area contributed by atoms with E-state index in [1.807, 2.05) is 55.5 Å². The summed E-state index contributed by atoms with van der Waals surface area (Å²) in [4.78, 5) is 25.3. The molecule has 2 aromatic carbocycles.